The van der Waals surface area contributed by atoms with Gasteiger partial charge in [-0.3, -0.25) is 4.98 Å². The largest absolute Gasteiger partial charge is 0.488 e. The van der Waals surface area contributed by atoms with E-state index in [0.717, 1.165) is 21.2 Å². The minimum absolute atomic E-state index is 0.0916. The third-order valence-electron chi connectivity index (χ3n) is 2.91. The van der Waals surface area contributed by atoms with E-state index < -0.39 is 10.0 Å². The highest BCUT2D eigenvalue weighted by Crippen LogP contribution is 2.27. The molecule has 0 bridgehead atoms. The summed E-state index contributed by atoms with van der Waals surface area (Å²) in [5, 5.41) is 5.14. The second-order valence-electron chi connectivity index (χ2n) is 4.73. The highest BCUT2D eigenvalue weighted by atomic mass is 79.9. The molecule has 21 heavy (non-hydrogen) atoms. The molecule has 0 aliphatic heterocycles. The lowest BCUT2D eigenvalue weighted by molar-refractivity contribution is 0.301. The monoisotopic (exact) mass is 370 g/mol. The van der Waals surface area contributed by atoms with Gasteiger partial charge in [0.25, 0.3) is 0 Å². The maximum absolute atomic E-state index is 11.4. The molecule has 0 atom stereocenters. The van der Waals surface area contributed by atoms with Crippen LogP contribution in [0.2, 0.25) is 0 Å². The number of aryl methyl sites for hydroxylation is 2. The van der Waals surface area contributed by atoms with Crippen molar-refractivity contribution in [2.75, 3.05) is 0 Å². The van der Waals surface area contributed by atoms with Gasteiger partial charge in [0.15, 0.2) is 0 Å². The summed E-state index contributed by atoms with van der Waals surface area (Å²) in [7, 11) is -3.71. The van der Waals surface area contributed by atoms with E-state index in [1.807, 2.05) is 6.07 Å². The maximum atomic E-state index is 11.4. The Morgan fingerprint density at radius 2 is 1.81 bits per heavy atom. The van der Waals surface area contributed by atoms with E-state index in [1.165, 1.54) is 12.1 Å². The summed E-state index contributed by atoms with van der Waals surface area (Å²) in [5.41, 5.74) is 2.36. The minimum Gasteiger partial charge on any atom is -0.488 e. The van der Waals surface area contributed by atoms with Gasteiger partial charge in [-0.05, 0) is 59.1 Å². The van der Waals surface area contributed by atoms with Crippen molar-refractivity contribution in [3.63, 3.8) is 0 Å². The molecule has 2 aromatic rings. The van der Waals surface area contributed by atoms with Crippen LogP contribution in [0, 0.1) is 13.8 Å². The van der Waals surface area contributed by atoms with E-state index >= 15 is 0 Å². The molecule has 0 aliphatic rings. The van der Waals surface area contributed by atoms with Crippen LogP contribution in [0.4, 0.5) is 0 Å². The minimum atomic E-state index is -3.71. The molecule has 112 valence electrons. The second kappa shape index (κ2) is 6.13. The van der Waals surface area contributed by atoms with Gasteiger partial charge in [0.2, 0.25) is 10.0 Å². The first kappa shape index (κ1) is 15.9. The predicted octanol–water partition coefficient (Wildman–Crippen LogP) is 2.69. The fourth-order valence-corrected chi connectivity index (χ4v) is 3.09. The van der Waals surface area contributed by atoms with Gasteiger partial charge in [0.1, 0.15) is 12.4 Å². The van der Waals surface area contributed by atoms with Crippen molar-refractivity contribution >= 4 is 26.0 Å². The summed E-state index contributed by atoms with van der Waals surface area (Å²) < 4.78 is 29.4. The zero-order valence-corrected chi connectivity index (χ0v) is 14.0. The Balaban J connectivity index is 2.25. The molecule has 0 fully saturated rings. The summed E-state index contributed by atoms with van der Waals surface area (Å²) in [4.78, 5) is 4.16. The van der Waals surface area contributed by atoms with Gasteiger partial charge in [-0.15, -0.1) is 0 Å². The van der Waals surface area contributed by atoms with E-state index in [0.29, 0.717) is 12.4 Å². The van der Waals surface area contributed by atoms with Crippen molar-refractivity contribution in [2.24, 2.45) is 5.14 Å². The zero-order chi connectivity index (χ0) is 15.6. The van der Waals surface area contributed by atoms with Gasteiger partial charge in [0.05, 0.1) is 4.90 Å². The number of halogens is 1. The molecular formula is C14H15BrN2O3S. The number of hydrogen-bond donors (Lipinski definition) is 1. The first-order valence-electron chi connectivity index (χ1n) is 6.13. The fourth-order valence-electron chi connectivity index (χ4n) is 1.99. The van der Waals surface area contributed by atoms with E-state index in [9.17, 15) is 8.42 Å². The molecule has 2 rings (SSSR count). The number of benzene rings is 1. The van der Waals surface area contributed by atoms with Crippen LogP contribution in [0.15, 0.2) is 40.0 Å². The van der Waals surface area contributed by atoms with Crippen molar-refractivity contribution < 1.29 is 13.2 Å². The van der Waals surface area contributed by atoms with Crippen LogP contribution in [0.3, 0.4) is 0 Å². The van der Waals surface area contributed by atoms with E-state index in [-0.39, 0.29) is 4.90 Å². The van der Waals surface area contributed by atoms with Gasteiger partial charge in [-0.1, -0.05) is 0 Å². The van der Waals surface area contributed by atoms with Crippen LogP contribution in [-0.2, 0) is 16.6 Å². The molecular weight excluding hydrogens is 356 g/mol. The molecule has 0 radical (unpaired) electrons. The maximum Gasteiger partial charge on any atom is 0.238 e. The second-order valence-corrected chi connectivity index (χ2v) is 7.21. The first-order valence-corrected chi connectivity index (χ1v) is 8.47. The smallest absolute Gasteiger partial charge is 0.238 e. The standard InChI is InChI=1S/C14H15BrN2O3S/c1-9-3-13(21(16,18)19)4-10(2)14(9)20-8-11-5-12(15)7-17-6-11/h3-7H,8H2,1-2H3,(H2,16,18,19). The zero-order valence-electron chi connectivity index (χ0n) is 11.6. The van der Waals surface area contributed by atoms with Gasteiger partial charge in [-0.25, -0.2) is 13.6 Å². The van der Waals surface area contributed by atoms with Gasteiger partial charge in [-0.2, -0.15) is 0 Å². The lowest BCUT2D eigenvalue weighted by Crippen LogP contribution is -2.13. The Labute approximate surface area is 132 Å². The molecule has 0 unspecified atom stereocenters. The summed E-state index contributed by atoms with van der Waals surface area (Å²) in [6.07, 6.45) is 3.41. The predicted molar refractivity (Wildman–Crippen MR) is 83.6 cm³/mol. The number of rotatable bonds is 4. The van der Waals surface area contributed by atoms with Crippen LogP contribution in [0.1, 0.15) is 16.7 Å². The SMILES string of the molecule is Cc1cc(S(N)(=O)=O)cc(C)c1OCc1cncc(Br)c1. The van der Waals surface area contributed by atoms with E-state index in [4.69, 9.17) is 9.88 Å². The van der Waals surface area contributed by atoms with Crippen molar-refractivity contribution in [3.8, 4) is 5.75 Å². The van der Waals surface area contributed by atoms with Gasteiger partial charge < -0.3 is 4.74 Å². The number of pyridine rings is 1. The third-order valence-corrected chi connectivity index (χ3v) is 4.23. The molecule has 1 aromatic carbocycles. The highest BCUT2D eigenvalue weighted by molar-refractivity contribution is 9.10. The van der Waals surface area contributed by atoms with Crippen LogP contribution in [0.25, 0.3) is 0 Å². The molecule has 5 nitrogen and oxygen atoms in total. The average Bonchev–Trinajstić information content (AvgIpc) is 2.36. The first-order chi connectivity index (χ1) is 9.77. The van der Waals surface area contributed by atoms with Crippen molar-refractivity contribution in [3.05, 3.63) is 51.8 Å². The Bertz CT molecular complexity index is 753. The number of primary sulfonamides is 1. The van der Waals surface area contributed by atoms with E-state index in [2.05, 4.69) is 20.9 Å². The fraction of sp³-hybridized carbons (Fsp3) is 0.214. The Morgan fingerprint density at radius 3 is 2.33 bits per heavy atom. The Kier molecular flexibility index (Phi) is 4.65. The normalized spacial score (nSPS) is 11.4. The lowest BCUT2D eigenvalue weighted by atomic mass is 10.1. The number of ether oxygens (including phenoxy) is 1. The molecule has 2 N–H and O–H groups in total. The lowest BCUT2D eigenvalue weighted by Gasteiger charge is -2.13. The molecule has 1 aromatic heterocycles. The number of nitrogens with two attached hydrogens (primary N) is 1. The van der Waals surface area contributed by atoms with Crippen molar-refractivity contribution in [1.29, 1.82) is 0 Å². The molecule has 7 heteroatoms. The number of nitrogens with zero attached hydrogens (tertiary/aromatic N) is 1. The summed E-state index contributed by atoms with van der Waals surface area (Å²) in [5.74, 6) is 0.655. The molecule has 0 saturated heterocycles. The Morgan fingerprint density at radius 1 is 1.19 bits per heavy atom. The molecule has 0 spiro atoms. The number of hydrogen-bond acceptors (Lipinski definition) is 4. The highest BCUT2D eigenvalue weighted by Gasteiger charge is 2.13. The average molecular weight is 371 g/mol. The van der Waals surface area contributed by atoms with Crippen molar-refractivity contribution in [2.45, 2.75) is 25.3 Å². The summed E-state index contributed by atoms with van der Waals surface area (Å²) >= 11 is 3.35. The van der Waals surface area contributed by atoms with Crippen LogP contribution < -0.4 is 9.88 Å². The Hall–Kier alpha value is -1.44. The topological polar surface area (TPSA) is 82.3 Å². The van der Waals surface area contributed by atoms with Crippen LogP contribution >= 0.6 is 15.9 Å². The summed E-state index contributed by atoms with van der Waals surface area (Å²) in [6, 6.07) is 4.93. The molecule has 0 amide bonds. The van der Waals surface area contributed by atoms with Gasteiger partial charge in [0, 0.05) is 22.4 Å². The molecule has 0 aliphatic carbocycles. The molecule has 0 saturated carbocycles. The van der Waals surface area contributed by atoms with Crippen LogP contribution in [-0.4, -0.2) is 13.4 Å². The van der Waals surface area contributed by atoms with Gasteiger partial charge >= 0.3 is 0 Å². The quantitative estimate of drug-likeness (QED) is 0.896. The van der Waals surface area contributed by atoms with Crippen LogP contribution in [0.5, 0.6) is 5.75 Å². The van der Waals surface area contributed by atoms with E-state index in [1.54, 1.807) is 26.2 Å². The van der Waals surface area contributed by atoms with Crippen molar-refractivity contribution in [1.82, 2.24) is 4.98 Å². The molecule has 1 heterocycles. The summed E-state index contributed by atoms with van der Waals surface area (Å²) in [6.45, 7) is 3.93. The number of sulfonamides is 1. The number of aromatic nitrogens is 1. The third kappa shape index (κ3) is 4.03.